The number of carbonyl (C=O) groups is 1. The molecule has 0 spiro atoms. The fourth-order valence-electron chi connectivity index (χ4n) is 3.68. The molecule has 2 heterocycles. The molecule has 10 nitrogen and oxygen atoms in total. The van der Waals surface area contributed by atoms with E-state index in [9.17, 15) is 22.8 Å². The summed E-state index contributed by atoms with van der Waals surface area (Å²) in [6, 6.07) is 5.31. The van der Waals surface area contributed by atoms with Crippen molar-refractivity contribution in [3.63, 3.8) is 0 Å². The highest BCUT2D eigenvalue weighted by Gasteiger charge is 2.33. The minimum absolute atomic E-state index is 0.0821. The monoisotopic (exact) mass is 506 g/mol. The molecule has 2 aromatic heterocycles. The average Bonchev–Trinajstić information content (AvgIpc) is 3.45. The molecule has 0 radical (unpaired) electrons. The van der Waals surface area contributed by atoms with E-state index in [2.05, 4.69) is 32.0 Å². The fourth-order valence-corrected chi connectivity index (χ4v) is 3.68. The maximum absolute atomic E-state index is 13.2. The zero-order chi connectivity index (χ0) is 26.3. The highest BCUT2D eigenvalue weighted by molar-refractivity contribution is 5.80. The third-order valence-corrected chi connectivity index (χ3v) is 5.64. The van der Waals surface area contributed by atoms with E-state index in [1.807, 2.05) is 11.8 Å². The molecule has 194 valence electrons. The van der Waals surface area contributed by atoms with Crippen LogP contribution in [-0.2, 0) is 23.9 Å². The standard InChI is InChI=1S/C23H29F3N8O2/c1-4-5-12-33(15-35)21-20(27-22(36)28-21)16(2)32(3)11-8-13-34-30-19(29-31-34)14-17-9-6-7-10-18(17)23(24,25)26/h6-7,9-10,15H,2,4-5,8,11-14H2,1,3H3,(H2,27,28,36). The Labute approximate surface area is 205 Å². The number of alkyl halides is 3. The van der Waals surface area contributed by atoms with Gasteiger partial charge in [0, 0.05) is 26.6 Å². The van der Waals surface area contributed by atoms with Crippen molar-refractivity contribution in [1.29, 1.82) is 0 Å². The number of aromatic amines is 2. The zero-order valence-electron chi connectivity index (χ0n) is 20.2. The lowest BCUT2D eigenvalue weighted by molar-refractivity contribution is -0.138. The molecule has 0 fully saturated rings. The van der Waals surface area contributed by atoms with Crippen LogP contribution in [0.2, 0.25) is 0 Å². The summed E-state index contributed by atoms with van der Waals surface area (Å²) >= 11 is 0. The SMILES string of the molecule is C=C(c1[nH]c(=O)[nH]c1N(C=O)CCCC)N(C)CCCn1nnc(Cc2ccccc2C(F)(F)F)n1. The Kier molecular flexibility index (Phi) is 8.67. The summed E-state index contributed by atoms with van der Waals surface area (Å²) in [5.41, 5.74) is -0.131. The molecule has 0 saturated carbocycles. The molecule has 1 aromatic carbocycles. The van der Waals surface area contributed by atoms with Crippen LogP contribution in [0.4, 0.5) is 19.0 Å². The Morgan fingerprint density at radius 3 is 2.64 bits per heavy atom. The Balaban J connectivity index is 1.59. The molecule has 2 N–H and O–H groups in total. The Morgan fingerprint density at radius 2 is 1.94 bits per heavy atom. The molecule has 1 amide bonds. The second kappa shape index (κ2) is 11.7. The van der Waals surface area contributed by atoms with Gasteiger partial charge in [-0.3, -0.25) is 14.7 Å². The number of aryl methyl sites for hydroxylation is 1. The molecule has 0 aliphatic heterocycles. The molecular weight excluding hydrogens is 477 g/mol. The lowest BCUT2D eigenvalue weighted by Gasteiger charge is -2.23. The first-order valence-electron chi connectivity index (χ1n) is 11.5. The largest absolute Gasteiger partial charge is 0.416 e. The molecule has 36 heavy (non-hydrogen) atoms. The molecule has 0 atom stereocenters. The summed E-state index contributed by atoms with van der Waals surface area (Å²) in [7, 11) is 1.79. The lowest BCUT2D eigenvalue weighted by Crippen LogP contribution is -2.26. The van der Waals surface area contributed by atoms with Crippen molar-refractivity contribution in [3.05, 3.63) is 64.0 Å². The number of nitrogens with one attached hydrogen (secondary N) is 2. The van der Waals surface area contributed by atoms with Gasteiger partial charge in [0.05, 0.1) is 17.8 Å². The number of benzene rings is 1. The van der Waals surface area contributed by atoms with Crippen LogP contribution in [0.3, 0.4) is 0 Å². The van der Waals surface area contributed by atoms with E-state index in [1.54, 1.807) is 13.1 Å². The van der Waals surface area contributed by atoms with Gasteiger partial charge >= 0.3 is 11.9 Å². The van der Waals surface area contributed by atoms with Gasteiger partial charge in [0.1, 0.15) is 11.5 Å². The number of unbranched alkanes of at least 4 members (excludes halogenated alkanes) is 1. The van der Waals surface area contributed by atoms with E-state index >= 15 is 0 Å². The van der Waals surface area contributed by atoms with E-state index < -0.39 is 17.4 Å². The van der Waals surface area contributed by atoms with Crippen LogP contribution in [0.25, 0.3) is 5.70 Å². The number of hydrogen-bond donors (Lipinski definition) is 2. The van der Waals surface area contributed by atoms with Gasteiger partial charge in [-0.15, -0.1) is 10.2 Å². The number of hydrogen-bond acceptors (Lipinski definition) is 6. The van der Waals surface area contributed by atoms with E-state index in [-0.39, 0.29) is 17.8 Å². The maximum atomic E-state index is 13.2. The van der Waals surface area contributed by atoms with Crippen molar-refractivity contribution < 1.29 is 18.0 Å². The molecule has 0 unspecified atom stereocenters. The molecule has 0 saturated heterocycles. The van der Waals surface area contributed by atoms with Crippen LogP contribution in [0.5, 0.6) is 0 Å². The summed E-state index contributed by atoms with van der Waals surface area (Å²) in [6.07, 6.45) is -1.62. The molecule has 13 heteroatoms. The van der Waals surface area contributed by atoms with Crippen LogP contribution >= 0.6 is 0 Å². The smallest absolute Gasteiger partial charge is 0.373 e. The first kappa shape index (κ1) is 26.7. The molecule has 0 bridgehead atoms. The lowest BCUT2D eigenvalue weighted by atomic mass is 10.0. The summed E-state index contributed by atoms with van der Waals surface area (Å²) in [6.45, 7) is 7.40. The number of carbonyl (C=O) groups excluding carboxylic acids is 1. The number of rotatable bonds is 13. The van der Waals surface area contributed by atoms with Crippen molar-refractivity contribution in [1.82, 2.24) is 35.1 Å². The highest BCUT2D eigenvalue weighted by Crippen LogP contribution is 2.32. The number of imidazole rings is 1. The summed E-state index contributed by atoms with van der Waals surface area (Å²) in [4.78, 5) is 33.4. The van der Waals surface area contributed by atoms with E-state index in [0.717, 1.165) is 18.9 Å². The van der Waals surface area contributed by atoms with Gasteiger partial charge in [-0.1, -0.05) is 38.1 Å². The minimum Gasteiger partial charge on any atom is -0.373 e. The number of aromatic nitrogens is 6. The Morgan fingerprint density at radius 1 is 1.19 bits per heavy atom. The van der Waals surface area contributed by atoms with Crippen molar-refractivity contribution in [3.8, 4) is 0 Å². The van der Waals surface area contributed by atoms with Gasteiger partial charge in [-0.05, 0) is 29.7 Å². The number of amides is 1. The number of H-pyrrole nitrogens is 2. The molecule has 3 rings (SSSR count). The quantitative estimate of drug-likeness (QED) is 0.344. The van der Waals surface area contributed by atoms with E-state index in [4.69, 9.17) is 0 Å². The van der Waals surface area contributed by atoms with Gasteiger partial charge in [-0.2, -0.15) is 18.0 Å². The fraction of sp³-hybridized carbons (Fsp3) is 0.435. The molecular formula is C23H29F3N8O2. The number of halogens is 3. The Hall–Kier alpha value is -3.90. The van der Waals surface area contributed by atoms with Crippen molar-refractivity contribution in [2.24, 2.45) is 0 Å². The molecule has 3 aromatic rings. The number of tetrazole rings is 1. The molecule has 0 aliphatic rings. The van der Waals surface area contributed by atoms with Gasteiger partial charge in [0.15, 0.2) is 5.82 Å². The summed E-state index contributed by atoms with van der Waals surface area (Å²) < 4.78 is 39.7. The first-order chi connectivity index (χ1) is 17.1. The third kappa shape index (κ3) is 6.61. The van der Waals surface area contributed by atoms with E-state index in [0.29, 0.717) is 49.7 Å². The predicted octanol–water partition coefficient (Wildman–Crippen LogP) is 3.05. The normalized spacial score (nSPS) is 11.5. The minimum atomic E-state index is -4.46. The van der Waals surface area contributed by atoms with Gasteiger partial charge in [0.25, 0.3) is 0 Å². The van der Waals surface area contributed by atoms with Crippen molar-refractivity contribution in [2.45, 2.75) is 45.3 Å². The van der Waals surface area contributed by atoms with Gasteiger partial charge < -0.3 is 9.88 Å². The first-order valence-corrected chi connectivity index (χ1v) is 11.5. The summed E-state index contributed by atoms with van der Waals surface area (Å²) in [5, 5.41) is 12.0. The van der Waals surface area contributed by atoms with Crippen LogP contribution in [0, 0.1) is 0 Å². The predicted molar refractivity (Wildman–Crippen MR) is 128 cm³/mol. The van der Waals surface area contributed by atoms with E-state index in [1.165, 1.54) is 21.8 Å². The van der Waals surface area contributed by atoms with Crippen LogP contribution in [-0.4, -0.2) is 61.6 Å². The maximum Gasteiger partial charge on any atom is 0.416 e. The number of anilines is 1. The zero-order valence-corrected chi connectivity index (χ0v) is 20.2. The van der Waals surface area contributed by atoms with Gasteiger partial charge in [-0.25, -0.2) is 4.79 Å². The highest BCUT2D eigenvalue weighted by atomic mass is 19.4. The van der Waals surface area contributed by atoms with Crippen molar-refractivity contribution >= 4 is 17.9 Å². The van der Waals surface area contributed by atoms with Crippen LogP contribution in [0.15, 0.2) is 35.6 Å². The second-order valence-electron chi connectivity index (χ2n) is 8.31. The second-order valence-corrected chi connectivity index (χ2v) is 8.31. The van der Waals surface area contributed by atoms with Crippen LogP contribution in [0.1, 0.15) is 48.8 Å². The average molecular weight is 507 g/mol. The Bertz CT molecular complexity index is 1230. The molecule has 0 aliphatic carbocycles. The van der Waals surface area contributed by atoms with Crippen molar-refractivity contribution in [2.75, 3.05) is 25.0 Å². The number of nitrogens with zero attached hydrogens (tertiary/aromatic N) is 6. The summed E-state index contributed by atoms with van der Waals surface area (Å²) in [5.74, 6) is 0.557. The topological polar surface area (TPSA) is 116 Å². The van der Waals surface area contributed by atoms with Gasteiger partial charge in [0.2, 0.25) is 6.41 Å². The van der Waals surface area contributed by atoms with Crippen LogP contribution < -0.4 is 10.6 Å². The third-order valence-electron chi connectivity index (χ3n) is 5.64.